The fourth-order valence-corrected chi connectivity index (χ4v) is 2.00. The Bertz CT molecular complexity index is 306. The van der Waals surface area contributed by atoms with E-state index in [1.54, 1.807) is 0 Å². The molecule has 1 aromatic carbocycles. The van der Waals surface area contributed by atoms with Crippen LogP contribution in [-0.4, -0.2) is 19.3 Å². The first-order valence-electron chi connectivity index (χ1n) is 5.35. The van der Waals surface area contributed by atoms with Crippen molar-refractivity contribution in [2.24, 2.45) is 5.92 Å². The van der Waals surface area contributed by atoms with Gasteiger partial charge < -0.3 is 10.1 Å². The average Bonchev–Trinajstić information content (AvgIpc) is 2.74. The summed E-state index contributed by atoms with van der Waals surface area (Å²) in [6.07, 6.45) is 1.15. The van der Waals surface area contributed by atoms with Crippen LogP contribution in [0.5, 0.6) is 0 Å². The maximum atomic E-state index is 5.83. The normalized spacial score (nSPS) is 22.7. The molecule has 0 bridgehead atoms. The lowest BCUT2D eigenvalue weighted by atomic mass is 10.0. The van der Waals surface area contributed by atoms with Crippen LogP contribution in [0, 0.1) is 5.92 Å². The van der Waals surface area contributed by atoms with Gasteiger partial charge in [0.1, 0.15) is 0 Å². The van der Waals surface area contributed by atoms with Crippen molar-refractivity contribution in [2.45, 2.75) is 19.4 Å². The first kappa shape index (κ1) is 10.8. The molecule has 2 atom stereocenters. The Hall–Kier alpha value is -0.730. The molecule has 0 radical (unpaired) electrons. The maximum absolute atomic E-state index is 5.83. The van der Waals surface area contributed by atoms with E-state index in [-0.39, 0.29) is 0 Å². The van der Waals surface area contributed by atoms with Crippen LogP contribution in [0.3, 0.4) is 0 Å². The second-order valence-corrected chi connectivity index (χ2v) is 4.50. The maximum Gasteiger partial charge on any atom is 0.0514 e. The van der Waals surface area contributed by atoms with Crippen molar-refractivity contribution in [3.8, 4) is 0 Å². The summed E-state index contributed by atoms with van der Waals surface area (Å²) in [5.74, 6) is 0.626. The molecule has 2 rings (SSSR count). The van der Waals surface area contributed by atoms with Gasteiger partial charge in [0, 0.05) is 29.3 Å². The van der Waals surface area contributed by atoms with Gasteiger partial charge in [-0.25, -0.2) is 0 Å². The molecule has 1 aliphatic rings. The molecule has 2 nitrogen and oxygen atoms in total. The van der Waals surface area contributed by atoms with Crippen LogP contribution in [0.15, 0.2) is 24.3 Å². The fourth-order valence-electron chi connectivity index (χ4n) is 1.87. The number of hydrogen-bond acceptors (Lipinski definition) is 2. The van der Waals surface area contributed by atoms with Crippen LogP contribution < -0.4 is 5.32 Å². The molecule has 0 aromatic heterocycles. The highest BCUT2D eigenvalue weighted by Crippen LogP contribution is 2.21. The van der Waals surface area contributed by atoms with E-state index in [4.69, 9.17) is 16.3 Å². The van der Waals surface area contributed by atoms with Crippen LogP contribution in [0.1, 0.15) is 13.3 Å². The third kappa shape index (κ3) is 2.86. The molecule has 0 amide bonds. The molecular weight excluding hydrogens is 210 g/mol. The first-order valence-corrected chi connectivity index (χ1v) is 5.73. The molecule has 15 heavy (non-hydrogen) atoms. The molecule has 2 unspecified atom stereocenters. The summed E-state index contributed by atoms with van der Waals surface area (Å²) in [6, 6.07) is 8.28. The molecule has 0 spiro atoms. The SMILES string of the molecule is CC(Nc1ccc(Cl)cc1)C1CCOC1. The summed E-state index contributed by atoms with van der Waals surface area (Å²) in [5, 5.41) is 4.25. The number of benzene rings is 1. The lowest BCUT2D eigenvalue weighted by Crippen LogP contribution is -2.25. The average molecular weight is 226 g/mol. The minimum absolute atomic E-state index is 0.452. The van der Waals surface area contributed by atoms with Gasteiger partial charge in [-0.3, -0.25) is 0 Å². The zero-order valence-corrected chi connectivity index (χ0v) is 9.63. The van der Waals surface area contributed by atoms with Crippen LogP contribution in [0.25, 0.3) is 0 Å². The van der Waals surface area contributed by atoms with E-state index >= 15 is 0 Å². The van der Waals surface area contributed by atoms with Gasteiger partial charge in [0.2, 0.25) is 0 Å². The number of rotatable bonds is 3. The fraction of sp³-hybridized carbons (Fsp3) is 0.500. The Morgan fingerprint density at radius 2 is 2.13 bits per heavy atom. The van der Waals surface area contributed by atoms with Crippen molar-refractivity contribution >= 4 is 17.3 Å². The number of hydrogen-bond donors (Lipinski definition) is 1. The van der Waals surface area contributed by atoms with E-state index in [0.29, 0.717) is 12.0 Å². The number of anilines is 1. The van der Waals surface area contributed by atoms with Gasteiger partial charge in [0.15, 0.2) is 0 Å². The van der Waals surface area contributed by atoms with Gasteiger partial charge >= 0.3 is 0 Å². The monoisotopic (exact) mass is 225 g/mol. The summed E-state index contributed by atoms with van der Waals surface area (Å²) in [7, 11) is 0. The van der Waals surface area contributed by atoms with Crippen molar-refractivity contribution < 1.29 is 4.74 Å². The van der Waals surface area contributed by atoms with E-state index < -0.39 is 0 Å². The quantitative estimate of drug-likeness (QED) is 0.853. The highest BCUT2D eigenvalue weighted by molar-refractivity contribution is 6.30. The van der Waals surface area contributed by atoms with Crippen molar-refractivity contribution in [3.05, 3.63) is 29.3 Å². The Morgan fingerprint density at radius 1 is 1.40 bits per heavy atom. The molecule has 82 valence electrons. The van der Waals surface area contributed by atoms with Crippen LogP contribution in [0.2, 0.25) is 5.02 Å². The summed E-state index contributed by atoms with van der Waals surface area (Å²) in [5.41, 5.74) is 1.12. The van der Waals surface area contributed by atoms with E-state index in [0.717, 1.165) is 30.3 Å². The van der Waals surface area contributed by atoms with Crippen LogP contribution in [-0.2, 0) is 4.74 Å². The highest BCUT2D eigenvalue weighted by Gasteiger charge is 2.21. The Kier molecular flexibility index (Phi) is 3.49. The number of nitrogens with one attached hydrogen (secondary N) is 1. The summed E-state index contributed by atoms with van der Waals surface area (Å²) < 4.78 is 5.37. The van der Waals surface area contributed by atoms with Crippen LogP contribution >= 0.6 is 11.6 Å². The van der Waals surface area contributed by atoms with Crippen molar-refractivity contribution in [2.75, 3.05) is 18.5 Å². The van der Waals surface area contributed by atoms with Crippen molar-refractivity contribution in [1.82, 2.24) is 0 Å². The van der Waals surface area contributed by atoms with Gasteiger partial charge in [0.25, 0.3) is 0 Å². The van der Waals surface area contributed by atoms with Gasteiger partial charge in [0.05, 0.1) is 6.61 Å². The summed E-state index contributed by atoms with van der Waals surface area (Å²) in [4.78, 5) is 0. The van der Waals surface area contributed by atoms with Gasteiger partial charge in [-0.15, -0.1) is 0 Å². The zero-order chi connectivity index (χ0) is 10.7. The molecule has 1 N–H and O–H groups in total. The van der Waals surface area contributed by atoms with E-state index in [1.807, 2.05) is 24.3 Å². The van der Waals surface area contributed by atoms with Crippen LogP contribution in [0.4, 0.5) is 5.69 Å². The molecular formula is C12H16ClNO. The first-order chi connectivity index (χ1) is 7.25. The predicted octanol–water partition coefficient (Wildman–Crippen LogP) is 3.18. The largest absolute Gasteiger partial charge is 0.382 e. The predicted molar refractivity (Wildman–Crippen MR) is 63.5 cm³/mol. The number of ether oxygens (including phenoxy) is 1. The molecule has 1 fully saturated rings. The lowest BCUT2D eigenvalue weighted by Gasteiger charge is -2.20. The van der Waals surface area contributed by atoms with Gasteiger partial charge in [-0.2, -0.15) is 0 Å². The molecule has 3 heteroatoms. The van der Waals surface area contributed by atoms with E-state index in [9.17, 15) is 0 Å². The molecule has 0 aliphatic carbocycles. The minimum atomic E-state index is 0.452. The summed E-state index contributed by atoms with van der Waals surface area (Å²) >= 11 is 5.83. The summed E-state index contributed by atoms with van der Waals surface area (Å²) in [6.45, 7) is 3.98. The zero-order valence-electron chi connectivity index (χ0n) is 8.87. The van der Waals surface area contributed by atoms with Crippen molar-refractivity contribution in [1.29, 1.82) is 0 Å². The third-order valence-corrected chi connectivity index (χ3v) is 3.16. The number of halogens is 1. The third-order valence-electron chi connectivity index (χ3n) is 2.91. The van der Waals surface area contributed by atoms with E-state index in [1.165, 1.54) is 0 Å². The molecule has 1 heterocycles. The highest BCUT2D eigenvalue weighted by atomic mass is 35.5. The molecule has 1 saturated heterocycles. The second kappa shape index (κ2) is 4.86. The van der Waals surface area contributed by atoms with Gasteiger partial charge in [-0.1, -0.05) is 11.6 Å². The smallest absolute Gasteiger partial charge is 0.0514 e. The molecule has 1 aromatic rings. The standard InChI is InChI=1S/C12H16ClNO/c1-9(10-6-7-15-8-10)14-12-4-2-11(13)3-5-12/h2-5,9-10,14H,6-8H2,1H3. The molecule has 1 aliphatic heterocycles. The Labute approximate surface area is 95.6 Å². The van der Waals surface area contributed by atoms with E-state index in [2.05, 4.69) is 12.2 Å². The Balaban J connectivity index is 1.92. The van der Waals surface area contributed by atoms with Crippen molar-refractivity contribution in [3.63, 3.8) is 0 Å². The minimum Gasteiger partial charge on any atom is -0.382 e. The second-order valence-electron chi connectivity index (χ2n) is 4.06. The Morgan fingerprint density at radius 3 is 2.73 bits per heavy atom. The lowest BCUT2D eigenvalue weighted by molar-refractivity contribution is 0.183. The van der Waals surface area contributed by atoms with Gasteiger partial charge in [-0.05, 0) is 37.6 Å². The topological polar surface area (TPSA) is 21.3 Å². The molecule has 0 saturated carbocycles.